The van der Waals surface area contributed by atoms with Crippen molar-refractivity contribution in [3.05, 3.63) is 0 Å². The van der Waals surface area contributed by atoms with Crippen LogP contribution in [-0.4, -0.2) is 17.5 Å². The van der Waals surface area contributed by atoms with Crippen molar-refractivity contribution in [2.45, 2.75) is 18.9 Å². The number of fused-ring (bicyclic) bond motifs is 1. The van der Waals surface area contributed by atoms with Crippen molar-refractivity contribution in [1.29, 1.82) is 0 Å². The highest BCUT2D eigenvalue weighted by Crippen LogP contribution is 2.56. The molecule has 0 radical (unpaired) electrons. The van der Waals surface area contributed by atoms with E-state index in [-0.39, 0.29) is 12.0 Å². The average Bonchev–Trinajstić information content (AvgIpc) is 2.46. The maximum atomic E-state index is 10.2. The van der Waals surface area contributed by atoms with Gasteiger partial charge >= 0.3 is 0 Å². The van der Waals surface area contributed by atoms with E-state index in [1.807, 2.05) is 0 Å². The van der Waals surface area contributed by atoms with Gasteiger partial charge in [0, 0.05) is 5.92 Å². The van der Waals surface area contributed by atoms with Gasteiger partial charge in [0.2, 0.25) is 0 Å². The van der Waals surface area contributed by atoms with E-state index in [2.05, 4.69) is 0 Å². The molecule has 2 aliphatic rings. The minimum Gasteiger partial charge on any atom is -0.393 e. The molecule has 2 rings (SSSR count). The second-order valence-electron chi connectivity index (χ2n) is 3.10. The molecule has 2 aliphatic carbocycles. The highest BCUT2D eigenvalue weighted by molar-refractivity contribution is 5.60. The molecule has 0 aliphatic heterocycles. The van der Waals surface area contributed by atoms with Crippen LogP contribution in [0.5, 0.6) is 0 Å². The SMILES string of the molecule is O=CC1C2CCC(O)C12. The van der Waals surface area contributed by atoms with E-state index in [0.29, 0.717) is 11.8 Å². The Balaban J connectivity index is 2.05. The number of carbonyl (C=O) groups excluding carboxylic acids is 1. The van der Waals surface area contributed by atoms with Crippen molar-refractivity contribution < 1.29 is 9.90 Å². The van der Waals surface area contributed by atoms with Gasteiger partial charge in [-0.15, -0.1) is 0 Å². The maximum absolute atomic E-state index is 10.2. The number of rotatable bonds is 1. The lowest BCUT2D eigenvalue weighted by Crippen LogP contribution is -2.07. The van der Waals surface area contributed by atoms with Crippen LogP contribution in [0.4, 0.5) is 0 Å². The molecular weight excluding hydrogens is 116 g/mol. The minimum atomic E-state index is -0.162. The largest absolute Gasteiger partial charge is 0.393 e. The highest BCUT2D eigenvalue weighted by Gasteiger charge is 2.57. The van der Waals surface area contributed by atoms with Gasteiger partial charge in [0.1, 0.15) is 6.29 Å². The Morgan fingerprint density at radius 2 is 2.22 bits per heavy atom. The van der Waals surface area contributed by atoms with Gasteiger partial charge in [-0.1, -0.05) is 0 Å². The lowest BCUT2D eigenvalue weighted by Gasteiger charge is -2.01. The number of aliphatic hydroxyl groups is 1. The molecular formula is C7H10O2. The first kappa shape index (κ1) is 5.42. The molecule has 0 saturated heterocycles. The fourth-order valence-corrected chi connectivity index (χ4v) is 2.10. The lowest BCUT2D eigenvalue weighted by atomic mass is 10.1. The molecule has 4 atom stereocenters. The number of aliphatic hydroxyl groups excluding tert-OH is 1. The smallest absolute Gasteiger partial charge is 0.123 e. The third-order valence-electron chi connectivity index (χ3n) is 2.69. The second-order valence-corrected chi connectivity index (χ2v) is 3.10. The van der Waals surface area contributed by atoms with Gasteiger partial charge in [-0.2, -0.15) is 0 Å². The predicted octanol–water partition coefficient (Wildman–Crippen LogP) is 0.202. The third-order valence-corrected chi connectivity index (χ3v) is 2.69. The standard InChI is InChI=1S/C7H10O2/c8-3-5-4-1-2-6(9)7(4)5/h3-7,9H,1-2H2. The van der Waals surface area contributed by atoms with E-state index in [1.165, 1.54) is 0 Å². The minimum absolute atomic E-state index is 0.162. The molecule has 4 unspecified atom stereocenters. The fourth-order valence-electron chi connectivity index (χ4n) is 2.10. The maximum Gasteiger partial charge on any atom is 0.123 e. The van der Waals surface area contributed by atoms with Crippen molar-refractivity contribution in [2.75, 3.05) is 0 Å². The monoisotopic (exact) mass is 126 g/mol. The predicted molar refractivity (Wildman–Crippen MR) is 31.8 cm³/mol. The number of aldehydes is 1. The zero-order valence-electron chi connectivity index (χ0n) is 5.16. The molecule has 0 bridgehead atoms. The van der Waals surface area contributed by atoms with E-state index < -0.39 is 0 Å². The first-order valence-corrected chi connectivity index (χ1v) is 3.48. The van der Waals surface area contributed by atoms with Gasteiger partial charge in [0.05, 0.1) is 6.10 Å². The molecule has 2 nitrogen and oxygen atoms in total. The summed E-state index contributed by atoms with van der Waals surface area (Å²) in [6.07, 6.45) is 2.82. The van der Waals surface area contributed by atoms with Crippen LogP contribution in [0.3, 0.4) is 0 Å². The quantitative estimate of drug-likeness (QED) is 0.510. The van der Waals surface area contributed by atoms with Gasteiger partial charge < -0.3 is 9.90 Å². The van der Waals surface area contributed by atoms with Crippen molar-refractivity contribution in [3.63, 3.8) is 0 Å². The van der Waals surface area contributed by atoms with Crippen LogP contribution in [0.25, 0.3) is 0 Å². The molecule has 50 valence electrons. The molecule has 0 aromatic carbocycles. The van der Waals surface area contributed by atoms with Crippen LogP contribution in [0, 0.1) is 17.8 Å². The third kappa shape index (κ3) is 0.568. The summed E-state index contributed by atoms with van der Waals surface area (Å²) in [7, 11) is 0. The first-order chi connectivity index (χ1) is 4.34. The normalized spacial score (nSPS) is 54.8. The van der Waals surface area contributed by atoms with E-state index in [4.69, 9.17) is 0 Å². The molecule has 9 heavy (non-hydrogen) atoms. The zero-order chi connectivity index (χ0) is 6.43. The molecule has 2 fully saturated rings. The van der Waals surface area contributed by atoms with Crippen molar-refractivity contribution in [1.82, 2.24) is 0 Å². The van der Waals surface area contributed by atoms with Gasteiger partial charge in [-0.25, -0.2) is 0 Å². The van der Waals surface area contributed by atoms with Gasteiger partial charge in [0.15, 0.2) is 0 Å². The Morgan fingerprint density at radius 1 is 1.44 bits per heavy atom. The summed E-state index contributed by atoms with van der Waals surface area (Å²) >= 11 is 0. The molecule has 1 N–H and O–H groups in total. The Labute approximate surface area is 53.9 Å². The van der Waals surface area contributed by atoms with Crippen LogP contribution < -0.4 is 0 Å². The number of carbonyl (C=O) groups is 1. The summed E-state index contributed by atoms with van der Waals surface area (Å²) < 4.78 is 0. The van der Waals surface area contributed by atoms with E-state index in [0.717, 1.165) is 19.1 Å². The first-order valence-electron chi connectivity index (χ1n) is 3.48. The van der Waals surface area contributed by atoms with Crippen LogP contribution >= 0.6 is 0 Å². The summed E-state index contributed by atoms with van der Waals surface area (Å²) in [5.41, 5.74) is 0. The van der Waals surface area contributed by atoms with Gasteiger partial charge in [-0.05, 0) is 24.7 Å². The summed E-state index contributed by atoms with van der Waals surface area (Å²) in [5.74, 6) is 1.12. The molecule has 0 heterocycles. The average molecular weight is 126 g/mol. The van der Waals surface area contributed by atoms with Crippen LogP contribution in [0.15, 0.2) is 0 Å². The summed E-state index contributed by atoms with van der Waals surface area (Å²) in [6.45, 7) is 0. The zero-order valence-corrected chi connectivity index (χ0v) is 5.16. The summed E-state index contributed by atoms with van der Waals surface area (Å²) in [4.78, 5) is 10.2. The van der Waals surface area contributed by atoms with E-state index in [1.54, 1.807) is 0 Å². The molecule has 2 saturated carbocycles. The lowest BCUT2D eigenvalue weighted by molar-refractivity contribution is -0.109. The van der Waals surface area contributed by atoms with Gasteiger partial charge in [0.25, 0.3) is 0 Å². The van der Waals surface area contributed by atoms with Gasteiger partial charge in [-0.3, -0.25) is 0 Å². The molecule has 0 amide bonds. The van der Waals surface area contributed by atoms with Crippen molar-refractivity contribution in [3.8, 4) is 0 Å². The second kappa shape index (κ2) is 1.57. The number of hydrogen-bond acceptors (Lipinski definition) is 2. The Bertz CT molecular complexity index is 144. The fraction of sp³-hybridized carbons (Fsp3) is 0.857. The van der Waals surface area contributed by atoms with Crippen molar-refractivity contribution in [2.24, 2.45) is 17.8 Å². The summed E-state index contributed by atoms with van der Waals surface area (Å²) in [5, 5.41) is 9.18. The van der Waals surface area contributed by atoms with E-state index >= 15 is 0 Å². The Kier molecular flexibility index (Phi) is 0.943. The van der Waals surface area contributed by atoms with Crippen molar-refractivity contribution >= 4 is 6.29 Å². The topological polar surface area (TPSA) is 37.3 Å². The number of hydrogen-bond donors (Lipinski definition) is 1. The van der Waals surface area contributed by atoms with Crippen LogP contribution in [-0.2, 0) is 4.79 Å². The van der Waals surface area contributed by atoms with E-state index in [9.17, 15) is 9.90 Å². The molecule has 2 heteroatoms. The van der Waals surface area contributed by atoms with Crippen LogP contribution in [0.1, 0.15) is 12.8 Å². The van der Waals surface area contributed by atoms with Crippen LogP contribution in [0.2, 0.25) is 0 Å². The summed E-state index contributed by atoms with van der Waals surface area (Å²) in [6, 6.07) is 0. The Hall–Kier alpha value is -0.370. The molecule has 0 aromatic heterocycles. The Morgan fingerprint density at radius 3 is 2.56 bits per heavy atom. The molecule has 0 aromatic rings. The molecule has 0 spiro atoms. The highest BCUT2D eigenvalue weighted by atomic mass is 16.3.